The van der Waals surface area contributed by atoms with Crippen molar-refractivity contribution in [3.05, 3.63) is 431 Å². The smallest absolute Gasteiger partial charge is 0.238 e. The lowest BCUT2D eigenvalue weighted by Crippen LogP contribution is -2.06. The maximum absolute atomic E-state index is 6.52. The first-order chi connectivity index (χ1) is 67.4. The predicted molar refractivity (Wildman–Crippen MR) is 551 cm³/mol. The summed E-state index contributed by atoms with van der Waals surface area (Å²) >= 11 is 0. The van der Waals surface area contributed by atoms with Gasteiger partial charge < -0.3 is 22.2 Å². The van der Waals surface area contributed by atoms with E-state index < -0.39 is 0 Å². The average Bonchev–Trinajstić information content (AvgIpc) is 1.58. The van der Waals surface area contributed by atoms with E-state index in [4.69, 9.17) is 62.5 Å². The minimum atomic E-state index is 0.575. The van der Waals surface area contributed by atoms with Crippen molar-refractivity contribution < 1.29 is 17.7 Å². The summed E-state index contributed by atoms with van der Waals surface area (Å²) in [5, 5.41) is 21.6. The fourth-order valence-electron chi connectivity index (χ4n) is 20.0. The van der Waals surface area contributed by atoms with Gasteiger partial charge in [-0.2, -0.15) is 9.97 Å². The summed E-state index contributed by atoms with van der Waals surface area (Å²) in [5.41, 5.74) is 19.4. The lowest BCUT2D eigenvalue weighted by atomic mass is 10.00. The van der Waals surface area contributed by atoms with Crippen molar-refractivity contribution in [1.82, 2.24) is 54.0 Å². The van der Waals surface area contributed by atoms with Crippen molar-refractivity contribution in [2.24, 2.45) is 0 Å². The van der Waals surface area contributed by atoms with E-state index in [2.05, 4.69) is 252 Å². The maximum atomic E-state index is 6.52. The summed E-state index contributed by atoms with van der Waals surface area (Å²) in [6, 6.07) is 147. The van der Waals surface area contributed by atoms with Gasteiger partial charge in [-0.15, -0.1) is 0 Å². The first-order valence-electron chi connectivity index (χ1n) is 45.3. The normalized spacial score (nSPS) is 11.8. The van der Waals surface area contributed by atoms with E-state index in [1.54, 1.807) is 0 Å². The van der Waals surface area contributed by atoms with Gasteiger partial charge in [-0.25, -0.2) is 34.9 Å². The molecule has 0 bridgehead atoms. The third-order valence-corrected chi connectivity index (χ3v) is 26.2. The lowest BCUT2D eigenvalue weighted by Gasteiger charge is -2.11. The van der Waals surface area contributed by atoms with Crippen LogP contribution in [0.15, 0.2) is 448 Å². The van der Waals surface area contributed by atoms with Crippen LogP contribution in [-0.4, -0.2) is 54.0 Å². The average molecular weight is 1740 g/mol. The van der Waals surface area contributed by atoms with Crippen LogP contribution in [0, 0.1) is 0 Å². The molecular weight excluding hydrogens is 1670 g/mol. The fraction of sp³-hybridized carbons (Fsp3) is 0. The molecule has 0 unspecified atom stereocenters. The Kier molecular flexibility index (Phi) is 17.9. The molecule has 0 aliphatic rings. The monoisotopic (exact) mass is 1740 g/mol. The van der Waals surface area contributed by atoms with E-state index >= 15 is 0 Å². The van der Waals surface area contributed by atoms with Crippen LogP contribution in [0.2, 0.25) is 0 Å². The second-order valence-corrected chi connectivity index (χ2v) is 34.1. The predicted octanol–water partition coefficient (Wildman–Crippen LogP) is 31.4. The third-order valence-electron chi connectivity index (χ3n) is 26.2. The SMILES string of the molecule is c1ccc(-c2nc(-c3ccc4c5ccccc5n(-c5ccccc5)c4c3)nc(-c3cccc4oc5c6ccccc6ccc5c34)n2)cc1.c1ccc(-c2nc(-c3cccc4oc5c6ccccc6ccc5c34)nc(-c3cccc4ccc5c6ccccc6oc5c34)n2)cc1.c1ccc(-c2nc(-c3cccc4oc5c6ccccc6ccc5c34)nc(-n3c4ccccc4c4ccccc43)n2)cc1. The molecule has 0 spiro atoms. The zero-order valence-electron chi connectivity index (χ0n) is 72.5. The number of fused-ring (bicyclic) bond motifs is 26. The van der Waals surface area contributed by atoms with Gasteiger partial charge in [-0.1, -0.05) is 346 Å². The topological polar surface area (TPSA) is 178 Å². The van der Waals surface area contributed by atoms with Gasteiger partial charge in [0.05, 0.1) is 22.1 Å². The zero-order valence-corrected chi connectivity index (χ0v) is 72.5. The number of nitrogens with zero attached hydrogens (tertiary/aromatic N) is 11. The summed E-state index contributed by atoms with van der Waals surface area (Å²) in [7, 11) is 0. The van der Waals surface area contributed by atoms with Crippen molar-refractivity contribution in [2.45, 2.75) is 0 Å². The molecule has 9 aromatic heterocycles. The Morgan fingerprint density at radius 2 is 0.463 bits per heavy atom. The molecule has 20 aromatic carbocycles. The Labute approximate surface area is 774 Å². The molecule has 634 valence electrons. The van der Waals surface area contributed by atoms with Gasteiger partial charge in [0.15, 0.2) is 46.6 Å². The van der Waals surface area contributed by atoms with E-state index in [9.17, 15) is 0 Å². The number of aromatic nitrogens is 11. The molecule has 15 nitrogen and oxygen atoms in total. The van der Waals surface area contributed by atoms with E-state index in [1.807, 2.05) is 188 Å². The minimum Gasteiger partial charge on any atom is -0.455 e. The second kappa shape index (κ2) is 31.6. The molecule has 0 radical (unpaired) electrons. The van der Waals surface area contributed by atoms with Crippen molar-refractivity contribution >= 4 is 174 Å². The van der Waals surface area contributed by atoms with Crippen LogP contribution in [-0.2, 0) is 0 Å². The van der Waals surface area contributed by atoms with Gasteiger partial charge in [-0.05, 0) is 106 Å². The van der Waals surface area contributed by atoms with Crippen LogP contribution < -0.4 is 0 Å². The Morgan fingerprint density at radius 1 is 0.162 bits per heavy atom. The Bertz CT molecular complexity index is 9860. The van der Waals surface area contributed by atoms with Crippen LogP contribution in [0.3, 0.4) is 0 Å². The maximum Gasteiger partial charge on any atom is 0.238 e. The number of hydrogen-bond acceptors (Lipinski definition) is 13. The summed E-state index contributed by atoms with van der Waals surface area (Å²) < 4.78 is 30.5. The number of furan rings is 4. The van der Waals surface area contributed by atoms with Gasteiger partial charge in [-0.3, -0.25) is 4.57 Å². The summed E-state index contributed by atoms with van der Waals surface area (Å²) in [5.74, 6) is 5.39. The lowest BCUT2D eigenvalue weighted by molar-refractivity contribution is 0.672. The molecule has 0 fully saturated rings. The van der Waals surface area contributed by atoms with Crippen molar-refractivity contribution in [3.8, 4) is 103 Å². The molecule has 0 aliphatic carbocycles. The number of rotatable bonds is 10. The van der Waals surface area contributed by atoms with Crippen molar-refractivity contribution in [1.29, 1.82) is 0 Å². The number of hydrogen-bond donors (Lipinski definition) is 0. The van der Waals surface area contributed by atoms with Crippen LogP contribution in [0.4, 0.5) is 0 Å². The first-order valence-corrected chi connectivity index (χ1v) is 45.3. The summed E-state index contributed by atoms with van der Waals surface area (Å²) in [6.07, 6.45) is 0. The highest BCUT2D eigenvalue weighted by atomic mass is 16.3. The van der Waals surface area contributed by atoms with Crippen LogP contribution in [0.25, 0.3) is 277 Å². The molecule has 0 aliphatic heterocycles. The van der Waals surface area contributed by atoms with Gasteiger partial charge >= 0.3 is 0 Å². The minimum absolute atomic E-state index is 0.575. The molecule has 29 aromatic rings. The molecular formula is C121H71N11O4. The van der Waals surface area contributed by atoms with Crippen LogP contribution in [0.5, 0.6) is 0 Å². The van der Waals surface area contributed by atoms with Crippen molar-refractivity contribution in [2.75, 3.05) is 0 Å². The van der Waals surface area contributed by atoms with Gasteiger partial charge in [0, 0.05) is 136 Å². The molecule has 0 atom stereocenters. The summed E-state index contributed by atoms with van der Waals surface area (Å²) in [6.45, 7) is 0. The number of benzene rings is 20. The molecule has 9 heterocycles. The van der Waals surface area contributed by atoms with E-state index in [1.165, 1.54) is 10.8 Å². The molecule has 15 heteroatoms. The van der Waals surface area contributed by atoms with Gasteiger partial charge in [0.1, 0.15) is 44.7 Å². The molecule has 0 N–H and O–H groups in total. The van der Waals surface area contributed by atoms with E-state index in [-0.39, 0.29) is 0 Å². The molecule has 136 heavy (non-hydrogen) atoms. The summed E-state index contributed by atoms with van der Waals surface area (Å²) in [4.78, 5) is 46.0. The molecule has 0 saturated carbocycles. The zero-order chi connectivity index (χ0) is 89.4. The van der Waals surface area contributed by atoms with Crippen molar-refractivity contribution in [3.63, 3.8) is 0 Å². The molecule has 0 saturated heterocycles. The van der Waals surface area contributed by atoms with Gasteiger partial charge in [0.25, 0.3) is 0 Å². The standard InChI is InChI=1S/C43H26N4O.C41H23N3O2.C37H22N4O/c1-3-13-28(14-4-1)41-44-42(29-23-24-33-32-18-9-10-20-36(32)47(37(33)26-29)30-15-5-2-6-16-30)46-43(45-41)35-19-11-21-38-39(35)34-25-22-27-12-7-8-17-31(27)40(34)48-38;1-2-11-26(12-3-1)39-42-40(31-16-8-13-25-21-22-29-28-15-6-7-18-33(28)45-38(29)35(25)31)44-41(43-39)32-17-9-19-34-36(32)30-23-20-24-10-4-5-14-27(24)37(30)46-34;1-2-12-24(13-3-1)35-38-36(40-37(39-35)41-30-18-8-6-15-26(30)27-16-7-9-19-31(27)41)29-17-10-20-32-33(29)28-22-21-23-11-4-5-14-25(23)34(28)42-32/h1-26H;1-23H;1-22H. The van der Waals surface area contributed by atoms with Gasteiger partial charge in [0.2, 0.25) is 5.95 Å². The second-order valence-electron chi connectivity index (χ2n) is 34.1. The Morgan fingerprint density at radius 3 is 0.934 bits per heavy atom. The highest BCUT2D eigenvalue weighted by Gasteiger charge is 2.27. The molecule has 0 amide bonds. The largest absolute Gasteiger partial charge is 0.455 e. The van der Waals surface area contributed by atoms with E-state index in [0.717, 1.165) is 214 Å². The Balaban J connectivity index is 0.000000104. The fourth-order valence-corrected chi connectivity index (χ4v) is 20.0. The molecule has 29 rings (SSSR count). The number of para-hydroxylation sites is 5. The first kappa shape index (κ1) is 77.2. The highest BCUT2D eigenvalue weighted by molar-refractivity contribution is 6.23. The highest BCUT2D eigenvalue weighted by Crippen LogP contribution is 2.47. The Hall–Kier alpha value is -18.7. The quantitative estimate of drug-likeness (QED) is 0.126. The van der Waals surface area contributed by atoms with Crippen LogP contribution >= 0.6 is 0 Å². The van der Waals surface area contributed by atoms with Crippen LogP contribution in [0.1, 0.15) is 0 Å². The van der Waals surface area contributed by atoms with E-state index in [0.29, 0.717) is 52.5 Å². The third kappa shape index (κ3) is 12.8.